The van der Waals surface area contributed by atoms with Crippen LogP contribution in [0.2, 0.25) is 0 Å². The van der Waals surface area contributed by atoms with Gasteiger partial charge in [-0.3, -0.25) is 0 Å². The molecule has 0 amide bonds. The molecule has 1 heteroatoms. The van der Waals surface area contributed by atoms with E-state index in [4.69, 9.17) is 5.26 Å². The highest BCUT2D eigenvalue weighted by atomic mass is 14.3. The van der Waals surface area contributed by atoms with Crippen LogP contribution in [0.1, 0.15) is 40.0 Å². The first kappa shape index (κ1) is 10.1. The molecule has 0 saturated heterocycles. The highest BCUT2D eigenvalue weighted by Crippen LogP contribution is 2.34. The van der Waals surface area contributed by atoms with E-state index in [1.54, 1.807) is 6.08 Å². The predicted molar refractivity (Wildman–Crippen MR) is 55.1 cm³/mol. The third kappa shape index (κ3) is 2.45. The molecule has 1 aliphatic rings. The minimum Gasteiger partial charge on any atom is -0.193 e. The fraction of sp³-hybridized carbons (Fsp3) is 0.583. The molecule has 1 fully saturated rings. The van der Waals surface area contributed by atoms with Crippen LogP contribution < -0.4 is 0 Å². The van der Waals surface area contributed by atoms with Crippen LogP contribution in [0.15, 0.2) is 22.8 Å². The minimum absolute atomic E-state index is 0.739. The maximum absolute atomic E-state index is 8.66. The summed E-state index contributed by atoms with van der Waals surface area (Å²) in [5.74, 6) is 0.739. The smallest absolute Gasteiger partial charge is 0.0915 e. The lowest BCUT2D eigenvalue weighted by Crippen LogP contribution is -2.08. The highest BCUT2D eigenvalue weighted by molar-refractivity contribution is 5.38. The first-order valence-corrected chi connectivity index (χ1v) is 4.90. The van der Waals surface area contributed by atoms with Gasteiger partial charge in [0.15, 0.2) is 0 Å². The van der Waals surface area contributed by atoms with Crippen molar-refractivity contribution in [1.82, 2.24) is 0 Å². The number of hydrogen-bond donors (Lipinski definition) is 0. The second-order valence-corrected chi connectivity index (χ2v) is 4.13. The molecule has 0 aliphatic heterocycles. The minimum atomic E-state index is 0.739. The quantitative estimate of drug-likeness (QED) is 0.516. The van der Waals surface area contributed by atoms with Gasteiger partial charge in [0.05, 0.1) is 6.07 Å². The molecule has 1 nitrogen and oxygen atoms in total. The van der Waals surface area contributed by atoms with E-state index in [1.165, 1.54) is 23.1 Å². The molecule has 1 atom stereocenters. The Labute approximate surface area is 80.8 Å². The van der Waals surface area contributed by atoms with E-state index in [1.807, 2.05) is 0 Å². The lowest BCUT2D eigenvalue weighted by molar-refractivity contribution is 0.495. The summed E-state index contributed by atoms with van der Waals surface area (Å²) in [6.07, 6.45) is 5.21. The van der Waals surface area contributed by atoms with Crippen LogP contribution in [0.5, 0.6) is 0 Å². The molecule has 0 radical (unpaired) electrons. The van der Waals surface area contributed by atoms with Gasteiger partial charge >= 0.3 is 0 Å². The van der Waals surface area contributed by atoms with E-state index in [9.17, 15) is 0 Å². The Kier molecular flexibility index (Phi) is 3.31. The Balaban J connectivity index is 2.93. The average Bonchev–Trinajstić information content (AvgIpc) is 2.04. The Morgan fingerprint density at radius 3 is 2.77 bits per heavy atom. The molecule has 0 unspecified atom stereocenters. The number of nitriles is 1. The van der Waals surface area contributed by atoms with Crippen molar-refractivity contribution in [3.63, 3.8) is 0 Å². The van der Waals surface area contributed by atoms with E-state index in [0.717, 1.165) is 18.8 Å². The van der Waals surface area contributed by atoms with Crippen molar-refractivity contribution in [2.45, 2.75) is 40.0 Å². The normalized spacial score (nSPS) is 25.8. The first-order valence-electron chi connectivity index (χ1n) is 4.90. The molecule has 0 bridgehead atoms. The molecule has 0 aromatic carbocycles. The highest BCUT2D eigenvalue weighted by Gasteiger charge is 2.17. The van der Waals surface area contributed by atoms with Crippen molar-refractivity contribution in [2.24, 2.45) is 5.92 Å². The zero-order valence-corrected chi connectivity index (χ0v) is 8.72. The van der Waals surface area contributed by atoms with Crippen LogP contribution in [0, 0.1) is 17.2 Å². The van der Waals surface area contributed by atoms with Crippen LogP contribution in [0.25, 0.3) is 0 Å². The second-order valence-electron chi connectivity index (χ2n) is 4.13. The Bertz CT molecular complexity index is 285. The fourth-order valence-corrected chi connectivity index (χ4v) is 1.95. The van der Waals surface area contributed by atoms with Gasteiger partial charge in [-0.1, -0.05) is 12.5 Å². The molecule has 1 saturated carbocycles. The molecule has 70 valence electrons. The van der Waals surface area contributed by atoms with E-state index < -0.39 is 0 Å². The van der Waals surface area contributed by atoms with Gasteiger partial charge in [0.1, 0.15) is 0 Å². The van der Waals surface area contributed by atoms with Crippen molar-refractivity contribution in [1.29, 1.82) is 5.26 Å². The van der Waals surface area contributed by atoms with Crippen molar-refractivity contribution >= 4 is 0 Å². The SMILES string of the molecule is CC(C)=C1CC[C@@H](C)C/C1=C\C#N. The van der Waals surface area contributed by atoms with Crippen LogP contribution >= 0.6 is 0 Å². The molecular weight excluding hydrogens is 158 g/mol. The van der Waals surface area contributed by atoms with Crippen LogP contribution in [0.4, 0.5) is 0 Å². The lowest BCUT2D eigenvalue weighted by atomic mass is 9.81. The van der Waals surface area contributed by atoms with E-state index in [0.29, 0.717) is 0 Å². The zero-order valence-electron chi connectivity index (χ0n) is 8.72. The van der Waals surface area contributed by atoms with Crippen molar-refractivity contribution in [3.8, 4) is 6.07 Å². The molecule has 0 spiro atoms. The Morgan fingerprint density at radius 2 is 2.23 bits per heavy atom. The molecule has 0 aromatic heterocycles. The van der Waals surface area contributed by atoms with Gasteiger partial charge < -0.3 is 0 Å². The maximum Gasteiger partial charge on any atom is 0.0915 e. The third-order valence-corrected chi connectivity index (χ3v) is 2.69. The molecule has 0 heterocycles. The van der Waals surface area contributed by atoms with E-state index in [-0.39, 0.29) is 0 Å². The number of rotatable bonds is 0. The largest absolute Gasteiger partial charge is 0.193 e. The predicted octanol–water partition coefficient (Wildman–Crippen LogP) is 3.59. The van der Waals surface area contributed by atoms with Gasteiger partial charge in [0.2, 0.25) is 0 Å². The summed E-state index contributed by atoms with van der Waals surface area (Å²) in [5.41, 5.74) is 4.05. The summed E-state index contributed by atoms with van der Waals surface area (Å²) in [6, 6.07) is 2.15. The summed E-state index contributed by atoms with van der Waals surface area (Å²) >= 11 is 0. The van der Waals surface area contributed by atoms with Gasteiger partial charge in [0, 0.05) is 6.08 Å². The molecule has 1 aliphatic carbocycles. The lowest BCUT2D eigenvalue weighted by Gasteiger charge is -2.24. The van der Waals surface area contributed by atoms with Crippen molar-refractivity contribution in [3.05, 3.63) is 22.8 Å². The van der Waals surface area contributed by atoms with Crippen molar-refractivity contribution in [2.75, 3.05) is 0 Å². The molecular formula is C12H17N. The monoisotopic (exact) mass is 175 g/mol. The topological polar surface area (TPSA) is 23.8 Å². The fourth-order valence-electron chi connectivity index (χ4n) is 1.95. The summed E-state index contributed by atoms with van der Waals surface area (Å²) in [6.45, 7) is 6.53. The van der Waals surface area contributed by atoms with Crippen LogP contribution in [-0.2, 0) is 0 Å². The summed E-state index contributed by atoms with van der Waals surface area (Å²) < 4.78 is 0. The number of nitrogens with zero attached hydrogens (tertiary/aromatic N) is 1. The third-order valence-electron chi connectivity index (χ3n) is 2.69. The molecule has 0 aromatic rings. The van der Waals surface area contributed by atoms with E-state index >= 15 is 0 Å². The van der Waals surface area contributed by atoms with Gasteiger partial charge in [-0.15, -0.1) is 0 Å². The van der Waals surface area contributed by atoms with Gasteiger partial charge in [-0.25, -0.2) is 0 Å². The van der Waals surface area contributed by atoms with Gasteiger partial charge in [-0.05, 0) is 50.2 Å². The Morgan fingerprint density at radius 1 is 1.54 bits per heavy atom. The Hall–Kier alpha value is -1.03. The molecule has 1 rings (SSSR count). The number of hydrogen-bond acceptors (Lipinski definition) is 1. The summed E-state index contributed by atoms with van der Waals surface area (Å²) in [7, 11) is 0. The van der Waals surface area contributed by atoms with Gasteiger partial charge in [-0.2, -0.15) is 5.26 Å². The summed E-state index contributed by atoms with van der Waals surface area (Å²) in [5, 5.41) is 8.66. The van der Waals surface area contributed by atoms with Crippen LogP contribution in [0.3, 0.4) is 0 Å². The van der Waals surface area contributed by atoms with Crippen LogP contribution in [-0.4, -0.2) is 0 Å². The summed E-state index contributed by atoms with van der Waals surface area (Å²) in [4.78, 5) is 0. The molecule has 0 N–H and O–H groups in total. The van der Waals surface area contributed by atoms with E-state index in [2.05, 4.69) is 26.8 Å². The standard InChI is InChI=1S/C12H17N/c1-9(2)12-5-4-10(3)8-11(12)6-7-13/h6,10H,4-5,8H2,1-3H3/b11-6+/t10-/m1/s1. The van der Waals surface area contributed by atoms with Gasteiger partial charge in [0.25, 0.3) is 0 Å². The maximum atomic E-state index is 8.66. The number of allylic oxidation sites excluding steroid dienone is 4. The average molecular weight is 175 g/mol. The molecule has 13 heavy (non-hydrogen) atoms. The second kappa shape index (κ2) is 4.28. The first-order chi connectivity index (χ1) is 6.15. The zero-order chi connectivity index (χ0) is 9.84. The van der Waals surface area contributed by atoms with Crippen molar-refractivity contribution < 1.29 is 0 Å².